The number of amides is 1. The van der Waals surface area contributed by atoms with Gasteiger partial charge in [-0.15, -0.1) is 24.8 Å². The molecule has 0 fully saturated rings. The lowest BCUT2D eigenvalue weighted by Gasteiger charge is -2.19. The third-order valence-corrected chi connectivity index (χ3v) is 2.91. The van der Waals surface area contributed by atoms with Gasteiger partial charge in [-0.25, -0.2) is 0 Å². The molecule has 1 rings (SSSR count). The summed E-state index contributed by atoms with van der Waals surface area (Å²) in [5.74, 6) is -0.0966. The minimum Gasteiger partial charge on any atom is -0.398 e. The van der Waals surface area contributed by atoms with Crippen molar-refractivity contribution in [2.45, 2.75) is 20.3 Å². The summed E-state index contributed by atoms with van der Waals surface area (Å²) in [7, 11) is 0. The highest BCUT2D eigenvalue weighted by atomic mass is 35.5. The molecule has 0 bridgehead atoms. The average Bonchev–Trinajstić information content (AvgIpc) is 2.38. The van der Waals surface area contributed by atoms with Gasteiger partial charge in [0.25, 0.3) is 5.91 Å². The third kappa shape index (κ3) is 6.98. The van der Waals surface area contributed by atoms with E-state index in [1.807, 2.05) is 12.1 Å². The maximum atomic E-state index is 11.9. The zero-order chi connectivity index (χ0) is 13.4. The first-order valence-electron chi connectivity index (χ1n) is 6.54. The molecule has 1 aromatic rings. The van der Waals surface area contributed by atoms with Gasteiger partial charge in [0, 0.05) is 18.8 Å². The average molecular weight is 322 g/mol. The lowest BCUT2D eigenvalue weighted by Crippen LogP contribution is -2.35. The van der Waals surface area contributed by atoms with Crippen molar-refractivity contribution in [2.75, 3.05) is 31.9 Å². The number of rotatable bonds is 7. The Kier molecular flexibility index (Phi) is 12.6. The number of nitrogen functional groups attached to an aromatic ring is 1. The van der Waals surface area contributed by atoms with Crippen molar-refractivity contribution in [2.24, 2.45) is 0 Å². The largest absolute Gasteiger partial charge is 0.398 e. The van der Waals surface area contributed by atoms with Crippen LogP contribution in [0.3, 0.4) is 0 Å². The highest BCUT2D eigenvalue weighted by molar-refractivity contribution is 5.99. The molecule has 0 spiro atoms. The van der Waals surface area contributed by atoms with E-state index >= 15 is 0 Å². The van der Waals surface area contributed by atoms with Crippen molar-refractivity contribution in [1.82, 2.24) is 10.2 Å². The zero-order valence-corrected chi connectivity index (χ0v) is 13.7. The molecular formula is C14H25Cl2N3O. The maximum Gasteiger partial charge on any atom is 0.253 e. The van der Waals surface area contributed by atoms with E-state index in [9.17, 15) is 4.79 Å². The lowest BCUT2D eigenvalue weighted by atomic mass is 10.1. The number of carbonyl (C=O) groups is 1. The van der Waals surface area contributed by atoms with Gasteiger partial charge < -0.3 is 16.0 Å². The molecule has 0 saturated carbocycles. The predicted molar refractivity (Wildman–Crippen MR) is 90.1 cm³/mol. The van der Waals surface area contributed by atoms with Crippen molar-refractivity contribution in [1.29, 1.82) is 0 Å². The summed E-state index contributed by atoms with van der Waals surface area (Å²) in [6.45, 7) is 7.90. The van der Waals surface area contributed by atoms with Crippen LogP contribution in [-0.2, 0) is 0 Å². The van der Waals surface area contributed by atoms with Gasteiger partial charge in [-0.2, -0.15) is 0 Å². The second-order valence-corrected chi connectivity index (χ2v) is 4.28. The predicted octanol–water partition coefficient (Wildman–Crippen LogP) is 2.57. The smallest absolute Gasteiger partial charge is 0.253 e. The van der Waals surface area contributed by atoms with E-state index in [0.717, 1.165) is 26.1 Å². The van der Waals surface area contributed by atoms with Crippen LogP contribution in [0.4, 0.5) is 5.69 Å². The number of anilines is 1. The highest BCUT2D eigenvalue weighted by Gasteiger charge is 2.08. The quantitative estimate of drug-likeness (QED) is 0.759. The van der Waals surface area contributed by atoms with Crippen LogP contribution in [0.15, 0.2) is 24.3 Å². The second kappa shape index (κ2) is 11.8. The minimum atomic E-state index is -0.0966. The van der Waals surface area contributed by atoms with E-state index in [2.05, 4.69) is 24.1 Å². The summed E-state index contributed by atoms with van der Waals surface area (Å²) >= 11 is 0. The van der Waals surface area contributed by atoms with Crippen LogP contribution in [-0.4, -0.2) is 37.0 Å². The number of carbonyl (C=O) groups excluding carboxylic acids is 1. The van der Waals surface area contributed by atoms with E-state index in [4.69, 9.17) is 5.73 Å². The molecule has 1 amide bonds. The molecule has 20 heavy (non-hydrogen) atoms. The summed E-state index contributed by atoms with van der Waals surface area (Å²) in [5, 5.41) is 2.90. The van der Waals surface area contributed by atoms with E-state index in [0.29, 0.717) is 17.8 Å². The van der Waals surface area contributed by atoms with Gasteiger partial charge in [0.2, 0.25) is 0 Å². The van der Waals surface area contributed by atoms with Crippen molar-refractivity contribution >= 4 is 36.4 Å². The number of hydrogen-bond donors (Lipinski definition) is 2. The van der Waals surface area contributed by atoms with Crippen LogP contribution in [0.2, 0.25) is 0 Å². The van der Waals surface area contributed by atoms with Crippen LogP contribution in [0.1, 0.15) is 30.6 Å². The molecule has 0 aromatic heterocycles. The maximum absolute atomic E-state index is 11.9. The molecule has 0 atom stereocenters. The molecule has 0 aliphatic carbocycles. The zero-order valence-electron chi connectivity index (χ0n) is 12.1. The SMILES string of the molecule is CCCN(CC)CCNC(=O)c1ccccc1N.Cl.Cl. The first kappa shape index (κ1) is 21.3. The third-order valence-electron chi connectivity index (χ3n) is 2.91. The number of halogens is 2. The molecule has 6 heteroatoms. The molecule has 116 valence electrons. The molecule has 0 radical (unpaired) electrons. The molecule has 4 nitrogen and oxygen atoms in total. The fraction of sp³-hybridized carbons (Fsp3) is 0.500. The summed E-state index contributed by atoms with van der Waals surface area (Å²) in [6.07, 6.45) is 1.13. The Morgan fingerprint density at radius 3 is 2.40 bits per heavy atom. The molecule has 0 unspecified atom stereocenters. The molecule has 0 aliphatic heterocycles. The first-order valence-corrected chi connectivity index (χ1v) is 6.54. The second-order valence-electron chi connectivity index (χ2n) is 4.28. The Labute approximate surface area is 133 Å². The van der Waals surface area contributed by atoms with Gasteiger partial charge in [-0.3, -0.25) is 4.79 Å². The van der Waals surface area contributed by atoms with Gasteiger partial charge in [-0.05, 0) is 31.6 Å². The molecular weight excluding hydrogens is 297 g/mol. The van der Waals surface area contributed by atoms with E-state index in [1.54, 1.807) is 12.1 Å². The van der Waals surface area contributed by atoms with Crippen LogP contribution in [0.5, 0.6) is 0 Å². The van der Waals surface area contributed by atoms with Gasteiger partial charge in [0.1, 0.15) is 0 Å². The Hall–Kier alpha value is -0.970. The fourth-order valence-electron chi connectivity index (χ4n) is 1.87. The topological polar surface area (TPSA) is 58.4 Å². The number of nitrogens with two attached hydrogens (primary N) is 1. The molecule has 0 aliphatic rings. The lowest BCUT2D eigenvalue weighted by molar-refractivity contribution is 0.0949. The van der Waals surface area contributed by atoms with E-state index in [-0.39, 0.29) is 30.7 Å². The summed E-state index contributed by atoms with van der Waals surface area (Å²) < 4.78 is 0. The van der Waals surface area contributed by atoms with Crippen molar-refractivity contribution in [3.8, 4) is 0 Å². The van der Waals surface area contributed by atoms with Gasteiger partial charge in [-0.1, -0.05) is 26.0 Å². The first-order chi connectivity index (χ1) is 8.69. The Morgan fingerprint density at radius 2 is 1.85 bits per heavy atom. The van der Waals surface area contributed by atoms with Gasteiger partial charge >= 0.3 is 0 Å². The number of para-hydroxylation sites is 1. The molecule has 3 N–H and O–H groups in total. The van der Waals surface area contributed by atoms with Crippen LogP contribution < -0.4 is 11.1 Å². The van der Waals surface area contributed by atoms with Crippen molar-refractivity contribution in [3.05, 3.63) is 29.8 Å². The summed E-state index contributed by atoms with van der Waals surface area (Å²) in [6, 6.07) is 7.13. The van der Waals surface area contributed by atoms with Crippen LogP contribution in [0, 0.1) is 0 Å². The Bertz CT molecular complexity index is 388. The molecule has 0 heterocycles. The van der Waals surface area contributed by atoms with Crippen LogP contribution in [0.25, 0.3) is 0 Å². The van der Waals surface area contributed by atoms with E-state index in [1.165, 1.54) is 0 Å². The normalized spacial score (nSPS) is 9.55. The highest BCUT2D eigenvalue weighted by Crippen LogP contribution is 2.09. The number of hydrogen-bond acceptors (Lipinski definition) is 3. The number of benzene rings is 1. The fourth-order valence-corrected chi connectivity index (χ4v) is 1.87. The van der Waals surface area contributed by atoms with Crippen LogP contribution >= 0.6 is 24.8 Å². The van der Waals surface area contributed by atoms with Crippen molar-refractivity contribution < 1.29 is 4.79 Å². The van der Waals surface area contributed by atoms with Gasteiger partial charge in [0.15, 0.2) is 0 Å². The van der Waals surface area contributed by atoms with Gasteiger partial charge in [0.05, 0.1) is 5.56 Å². The summed E-state index contributed by atoms with van der Waals surface area (Å²) in [5.41, 5.74) is 6.83. The molecule has 1 aromatic carbocycles. The number of likely N-dealkylation sites (N-methyl/N-ethyl adjacent to an activating group) is 1. The monoisotopic (exact) mass is 321 g/mol. The number of nitrogens with one attached hydrogen (secondary N) is 1. The Balaban J connectivity index is 0. The summed E-state index contributed by atoms with van der Waals surface area (Å²) in [4.78, 5) is 14.2. The standard InChI is InChI=1S/C14H23N3O.2ClH/c1-3-10-17(4-2)11-9-16-14(18)12-7-5-6-8-13(12)15;;/h5-8H,3-4,9-11,15H2,1-2H3,(H,16,18);2*1H. The number of nitrogens with zero attached hydrogens (tertiary/aromatic N) is 1. The molecule has 0 saturated heterocycles. The minimum absolute atomic E-state index is 0. The van der Waals surface area contributed by atoms with Crippen molar-refractivity contribution in [3.63, 3.8) is 0 Å². The Morgan fingerprint density at radius 1 is 1.20 bits per heavy atom. The van der Waals surface area contributed by atoms with E-state index < -0.39 is 0 Å².